The van der Waals surface area contributed by atoms with Crippen molar-refractivity contribution in [2.45, 2.75) is 32.2 Å². The zero-order chi connectivity index (χ0) is 15.1. The van der Waals surface area contributed by atoms with Crippen molar-refractivity contribution in [2.75, 3.05) is 0 Å². The Labute approximate surface area is 137 Å². The van der Waals surface area contributed by atoms with Gasteiger partial charge in [0.15, 0.2) is 0 Å². The molecule has 1 aliphatic carbocycles. The molecule has 2 aromatic heterocycles. The van der Waals surface area contributed by atoms with Gasteiger partial charge in [0.05, 0.1) is 18.3 Å². The maximum atomic E-state index is 12.8. The highest BCUT2D eigenvalue weighted by atomic mass is 35.5. The van der Waals surface area contributed by atoms with Crippen molar-refractivity contribution in [3.63, 3.8) is 0 Å². The van der Waals surface area contributed by atoms with Gasteiger partial charge in [0.1, 0.15) is 4.83 Å². The summed E-state index contributed by atoms with van der Waals surface area (Å²) in [6.07, 6.45) is 6.14. The second-order valence-electron chi connectivity index (χ2n) is 5.70. The van der Waals surface area contributed by atoms with E-state index in [2.05, 4.69) is 4.98 Å². The first-order valence-electron chi connectivity index (χ1n) is 7.46. The van der Waals surface area contributed by atoms with Gasteiger partial charge in [-0.05, 0) is 48.9 Å². The fraction of sp³-hybridized carbons (Fsp3) is 0.294. The Kier molecular flexibility index (Phi) is 3.51. The van der Waals surface area contributed by atoms with Gasteiger partial charge in [-0.1, -0.05) is 23.7 Å². The van der Waals surface area contributed by atoms with Crippen LogP contribution in [0.5, 0.6) is 0 Å². The highest BCUT2D eigenvalue weighted by molar-refractivity contribution is 7.18. The van der Waals surface area contributed by atoms with Gasteiger partial charge in [0.25, 0.3) is 5.56 Å². The van der Waals surface area contributed by atoms with Crippen molar-refractivity contribution in [2.24, 2.45) is 0 Å². The topological polar surface area (TPSA) is 34.9 Å². The van der Waals surface area contributed by atoms with E-state index in [1.165, 1.54) is 23.3 Å². The highest BCUT2D eigenvalue weighted by Crippen LogP contribution is 2.33. The summed E-state index contributed by atoms with van der Waals surface area (Å²) in [5, 5.41) is 1.52. The largest absolute Gasteiger partial charge is 0.294 e. The summed E-state index contributed by atoms with van der Waals surface area (Å²) >= 11 is 7.71. The van der Waals surface area contributed by atoms with Crippen LogP contribution in [-0.2, 0) is 19.4 Å². The van der Waals surface area contributed by atoms with Crippen molar-refractivity contribution in [3.8, 4) is 0 Å². The molecule has 0 saturated heterocycles. The van der Waals surface area contributed by atoms with Gasteiger partial charge < -0.3 is 0 Å². The molecule has 0 bridgehead atoms. The van der Waals surface area contributed by atoms with E-state index in [0.717, 1.165) is 28.6 Å². The molecule has 0 saturated carbocycles. The van der Waals surface area contributed by atoms with Crippen molar-refractivity contribution in [1.29, 1.82) is 0 Å². The summed E-state index contributed by atoms with van der Waals surface area (Å²) in [5.41, 5.74) is 2.33. The lowest BCUT2D eigenvalue weighted by atomic mass is 9.97. The molecule has 5 heteroatoms. The van der Waals surface area contributed by atoms with E-state index in [4.69, 9.17) is 11.6 Å². The van der Waals surface area contributed by atoms with Crippen LogP contribution in [0.15, 0.2) is 35.4 Å². The molecule has 2 heterocycles. The standard InChI is InChI=1S/C17H15ClN2OS/c18-12-5-3-4-11(8-12)9-20-10-19-16-15(17(20)21)13-6-1-2-7-14(13)22-16/h3-5,8,10H,1-2,6-7,9H2. The Balaban J connectivity index is 1.82. The number of rotatable bonds is 2. The van der Waals surface area contributed by atoms with Gasteiger partial charge in [-0.25, -0.2) is 4.98 Å². The van der Waals surface area contributed by atoms with E-state index in [1.807, 2.05) is 24.3 Å². The third-order valence-electron chi connectivity index (χ3n) is 4.18. The normalized spacial score (nSPS) is 14.2. The van der Waals surface area contributed by atoms with E-state index in [1.54, 1.807) is 22.2 Å². The first-order valence-corrected chi connectivity index (χ1v) is 8.66. The first-order chi connectivity index (χ1) is 10.7. The Hall–Kier alpha value is -1.65. The summed E-state index contributed by atoms with van der Waals surface area (Å²) < 4.78 is 1.69. The number of hydrogen-bond donors (Lipinski definition) is 0. The molecule has 112 valence electrons. The number of aryl methyl sites for hydroxylation is 2. The Morgan fingerprint density at radius 2 is 2.14 bits per heavy atom. The number of thiophene rings is 1. The average Bonchev–Trinajstić information content (AvgIpc) is 2.89. The van der Waals surface area contributed by atoms with E-state index < -0.39 is 0 Å². The van der Waals surface area contributed by atoms with Crippen LogP contribution >= 0.6 is 22.9 Å². The summed E-state index contributed by atoms with van der Waals surface area (Å²) in [6.45, 7) is 0.507. The number of fused-ring (bicyclic) bond motifs is 3. The lowest BCUT2D eigenvalue weighted by Crippen LogP contribution is -2.21. The molecule has 0 aliphatic heterocycles. The van der Waals surface area contributed by atoms with Crippen molar-refractivity contribution < 1.29 is 0 Å². The van der Waals surface area contributed by atoms with Crippen LogP contribution in [0.3, 0.4) is 0 Å². The summed E-state index contributed by atoms with van der Waals surface area (Å²) in [7, 11) is 0. The molecule has 0 N–H and O–H groups in total. The van der Waals surface area contributed by atoms with Gasteiger partial charge in [-0.15, -0.1) is 11.3 Å². The molecular weight excluding hydrogens is 316 g/mol. The third-order valence-corrected chi connectivity index (χ3v) is 5.62. The molecule has 0 amide bonds. The molecule has 22 heavy (non-hydrogen) atoms. The molecule has 0 radical (unpaired) electrons. The number of halogens is 1. The number of hydrogen-bond acceptors (Lipinski definition) is 3. The summed E-state index contributed by atoms with van der Waals surface area (Å²) in [4.78, 5) is 19.6. The molecular formula is C17H15ClN2OS. The van der Waals surface area contributed by atoms with Crippen LogP contribution in [0.1, 0.15) is 28.8 Å². The third kappa shape index (κ3) is 2.36. The minimum Gasteiger partial charge on any atom is -0.294 e. The molecule has 0 atom stereocenters. The summed E-state index contributed by atoms with van der Waals surface area (Å²) in [5.74, 6) is 0. The van der Waals surface area contributed by atoms with E-state index in [0.29, 0.717) is 11.6 Å². The van der Waals surface area contributed by atoms with E-state index in [9.17, 15) is 4.79 Å². The average molecular weight is 331 g/mol. The molecule has 0 unspecified atom stereocenters. The predicted molar refractivity (Wildman–Crippen MR) is 91.1 cm³/mol. The molecule has 0 spiro atoms. The van der Waals surface area contributed by atoms with Gasteiger partial charge in [-0.3, -0.25) is 9.36 Å². The molecule has 1 aliphatic rings. The molecule has 3 nitrogen and oxygen atoms in total. The lowest BCUT2D eigenvalue weighted by molar-refractivity contribution is 0.697. The zero-order valence-electron chi connectivity index (χ0n) is 12.0. The molecule has 4 rings (SSSR count). The Morgan fingerprint density at radius 3 is 3.00 bits per heavy atom. The number of benzene rings is 1. The van der Waals surface area contributed by atoms with E-state index in [-0.39, 0.29) is 5.56 Å². The fourth-order valence-electron chi connectivity index (χ4n) is 3.13. The second kappa shape index (κ2) is 5.52. The smallest absolute Gasteiger partial charge is 0.262 e. The van der Waals surface area contributed by atoms with Crippen LogP contribution in [0, 0.1) is 0 Å². The maximum absolute atomic E-state index is 12.8. The Morgan fingerprint density at radius 1 is 1.27 bits per heavy atom. The van der Waals surface area contributed by atoms with Crippen molar-refractivity contribution in [3.05, 3.63) is 62.0 Å². The predicted octanol–water partition coefficient (Wildman–Crippen LogP) is 4.04. The minimum absolute atomic E-state index is 0.0735. The Bertz CT molecular complexity index is 913. The fourth-order valence-corrected chi connectivity index (χ4v) is 4.56. The lowest BCUT2D eigenvalue weighted by Gasteiger charge is -2.10. The number of nitrogens with zero attached hydrogens (tertiary/aromatic N) is 2. The van der Waals surface area contributed by atoms with Crippen LogP contribution in [-0.4, -0.2) is 9.55 Å². The van der Waals surface area contributed by atoms with Gasteiger partial charge >= 0.3 is 0 Å². The molecule has 0 fully saturated rings. The number of aromatic nitrogens is 2. The van der Waals surface area contributed by atoms with Gasteiger partial charge in [-0.2, -0.15) is 0 Å². The van der Waals surface area contributed by atoms with Crippen LogP contribution in [0.25, 0.3) is 10.2 Å². The highest BCUT2D eigenvalue weighted by Gasteiger charge is 2.19. The zero-order valence-corrected chi connectivity index (χ0v) is 13.6. The second-order valence-corrected chi connectivity index (χ2v) is 7.22. The van der Waals surface area contributed by atoms with Crippen LogP contribution < -0.4 is 5.56 Å². The van der Waals surface area contributed by atoms with Gasteiger partial charge in [0, 0.05) is 9.90 Å². The van der Waals surface area contributed by atoms with Crippen molar-refractivity contribution >= 4 is 33.2 Å². The monoisotopic (exact) mass is 330 g/mol. The van der Waals surface area contributed by atoms with Crippen LogP contribution in [0.2, 0.25) is 5.02 Å². The maximum Gasteiger partial charge on any atom is 0.262 e. The van der Waals surface area contributed by atoms with Crippen LogP contribution in [0.4, 0.5) is 0 Å². The van der Waals surface area contributed by atoms with E-state index >= 15 is 0 Å². The van der Waals surface area contributed by atoms with Gasteiger partial charge in [0.2, 0.25) is 0 Å². The summed E-state index contributed by atoms with van der Waals surface area (Å²) in [6, 6.07) is 7.61. The molecule has 1 aromatic carbocycles. The molecule has 3 aromatic rings. The van der Waals surface area contributed by atoms with Crippen molar-refractivity contribution in [1.82, 2.24) is 9.55 Å². The first kappa shape index (κ1) is 14.0. The SMILES string of the molecule is O=c1c2c3c(sc2ncn1Cc1cccc(Cl)c1)CCCC3. The minimum atomic E-state index is 0.0735. The quantitative estimate of drug-likeness (QED) is 0.710.